The van der Waals surface area contributed by atoms with Crippen molar-refractivity contribution in [2.45, 2.75) is 31.2 Å². The summed E-state index contributed by atoms with van der Waals surface area (Å²) >= 11 is 5.82. The number of hydrogen-bond acceptors (Lipinski definition) is 2. The number of rotatable bonds is 3. The molecule has 0 bridgehead atoms. The highest BCUT2D eigenvalue weighted by Gasteiger charge is 2.22. The van der Waals surface area contributed by atoms with Crippen LogP contribution in [0.4, 0.5) is 5.69 Å². The van der Waals surface area contributed by atoms with E-state index >= 15 is 0 Å². The zero-order chi connectivity index (χ0) is 12.1. The second kappa shape index (κ2) is 6.03. The Balaban J connectivity index is 2.01. The molecule has 1 aromatic carbocycles. The maximum absolute atomic E-state index is 12.0. The molecule has 17 heavy (non-hydrogen) atoms. The second-order valence-electron chi connectivity index (χ2n) is 4.14. The van der Waals surface area contributed by atoms with Gasteiger partial charge in [0.1, 0.15) is 6.10 Å². The minimum Gasteiger partial charge on any atom is -0.368 e. The Hall–Kier alpha value is -1.06. The Morgan fingerprint density at radius 3 is 2.94 bits per heavy atom. The number of nitrogens with one attached hydrogen (secondary N) is 1. The highest BCUT2D eigenvalue weighted by Crippen LogP contribution is 2.19. The van der Waals surface area contributed by atoms with Gasteiger partial charge in [-0.15, -0.1) is 11.6 Å². The summed E-state index contributed by atoms with van der Waals surface area (Å²) in [5, 5.41) is 2.88. The summed E-state index contributed by atoms with van der Waals surface area (Å²) in [6, 6.07) is 7.56. The summed E-state index contributed by atoms with van der Waals surface area (Å²) in [7, 11) is 0. The number of anilines is 1. The van der Waals surface area contributed by atoms with Crippen LogP contribution in [-0.4, -0.2) is 18.6 Å². The molecule has 1 aliphatic rings. The lowest BCUT2D eigenvalue weighted by atomic mass is 10.1. The monoisotopic (exact) mass is 253 g/mol. The molecule has 1 heterocycles. The topological polar surface area (TPSA) is 38.3 Å². The van der Waals surface area contributed by atoms with Crippen molar-refractivity contribution in [3.8, 4) is 0 Å². The largest absolute Gasteiger partial charge is 0.368 e. The molecule has 1 unspecified atom stereocenters. The average Bonchev–Trinajstić information content (AvgIpc) is 2.40. The molecule has 3 nitrogen and oxygen atoms in total. The average molecular weight is 254 g/mol. The van der Waals surface area contributed by atoms with Crippen molar-refractivity contribution in [3.05, 3.63) is 29.8 Å². The van der Waals surface area contributed by atoms with Crippen molar-refractivity contribution in [2.75, 3.05) is 11.9 Å². The van der Waals surface area contributed by atoms with Gasteiger partial charge in [-0.05, 0) is 30.9 Å². The molecule has 4 heteroatoms. The van der Waals surface area contributed by atoms with Crippen molar-refractivity contribution >= 4 is 23.2 Å². The number of halogens is 1. The van der Waals surface area contributed by atoms with Gasteiger partial charge >= 0.3 is 0 Å². The molecular weight excluding hydrogens is 238 g/mol. The second-order valence-corrected chi connectivity index (χ2v) is 4.40. The highest BCUT2D eigenvalue weighted by molar-refractivity contribution is 6.17. The van der Waals surface area contributed by atoms with Gasteiger partial charge < -0.3 is 10.1 Å². The molecular formula is C13H16ClNO2. The molecule has 0 saturated carbocycles. The summed E-state index contributed by atoms with van der Waals surface area (Å²) < 4.78 is 5.44. The number of para-hydroxylation sites is 1. The van der Waals surface area contributed by atoms with Crippen LogP contribution in [0.3, 0.4) is 0 Å². The van der Waals surface area contributed by atoms with Crippen LogP contribution in [0.25, 0.3) is 0 Å². The Morgan fingerprint density at radius 2 is 2.24 bits per heavy atom. The molecule has 1 aromatic rings. The van der Waals surface area contributed by atoms with E-state index in [0.717, 1.165) is 30.5 Å². The van der Waals surface area contributed by atoms with E-state index in [2.05, 4.69) is 5.32 Å². The van der Waals surface area contributed by atoms with Crippen molar-refractivity contribution in [1.82, 2.24) is 0 Å². The summed E-state index contributed by atoms with van der Waals surface area (Å²) in [5.74, 6) is 0.324. The summed E-state index contributed by atoms with van der Waals surface area (Å²) in [4.78, 5) is 12.0. The number of alkyl halides is 1. The lowest BCUT2D eigenvalue weighted by molar-refractivity contribution is -0.129. The quantitative estimate of drug-likeness (QED) is 0.842. The van der Waals surface area contributed by atoms with Gasteiger partial charge in [-0.25, -0.2) is 0 Å². The van der Waals surface area contributed by atoms with Crippen molar-refractivity contribution in [2.24, 2.45) is 0 Å². The minimum absolute atomic E-state index is 0.0673. The van der Waals surface area contributed by atoms with E-state index in [1.54, 1.807) is 0 Å². The van der Waals surface area contributed by atoms with Gasteiger partial charge in [0.2, 0.25) is 0 Å². The molecule has 0 spiro atoms. The minimum atomic E-state index is -0.313. The van der Waals surface area contributed by atoms with E-state index in [-0.39, 0.29) is 12.0 Å². The predicted molar refractivity (Wildman–Crippen MR) is 68.2 cm³/mol. The molecule has 1 aliphatic heterocycles. The third-order valence-electron chi connectivity index (χ3n) is 2.89. The zero-order valence-corrected chi connectivity index (χ0v) is 10.4. The Kier molecular flexibility index (Phi) is 4.40. The maximum atomic E-state index is 12.0. The SMILES string of the molecule is O=C(Nc1ccccc1CCl)C1CCCCO1. The lowest BCUT2D eigenvalue weighted by Gasteiger charge is -2.22. The van der Waals surface area contributed by atoms with Crippen LogP contribution in [0.2, 0.25) is 0 Å². The number of benzene rings is 1. The third-order valence-corrected chi connectivity index (χ3v) is 3.18. The van der Waals surface area contributed by atoms with E-state index in [1.807, 2.05) is 24.3 Å². The molecule has 1 fully saturated rings. The third kappa shape index (κ3) is 3.20. The normalized spacial score (nSPS) is 19.9. The van der Waals surface area contributed by atoms with Gasteiger partial charge in [-0.1, -0.05) is 18.2 Å². The molecule has 1 amide bonds. The van der Waals surface area contributed by atoms with Crippen LogP contribution in [-0.2, 0) is 15.4 Å². The van der Waals surface area contributed by atoms with Gasteiger partial charge in [0.15, 0.2) is 0 Å². The van der Waals surface area contributed by atoms with Crippen LogP contribution in [0.15, 0.2) is 24.3 Å². The molecule has 0 aliphatic carbocycles. The zero-order valence-electron chi connectivity index (χ0n) is 9.62. The molecule has 92 valence electrons. The first-order chi connectivity index (χ1) is 8.31. The first kappa shape index (κ1) is 12.4. The molecule has 1 saturated heterocycles. The maximum Gasteiger partial charge on any atom is 0.253 e. The van der Waals surface area contributed by atoms with Gasteiger partial charge in [-0.3, -0.25) is 4.79 Å². The molecule has 0 aromatic heterocycles. The first-order valence-corrected chi connectivity index (χ1v) is 6.41. The van der Waals surface area contributed by atoms with Gasteiger partial charge in [0.25, 0.3) is 5.91 Å². The Morgan fingerprint density at radius 1 is 1.41 bits per heavy atom. The van der Waals surface area contributed by atoms with Crippen molar-refractivity contribution in [3.63, 3.8) is 0 Å². The lowest BCUT2D eigenvalue weighted by Crippen LogP contribution is -2.33. The van der Waals surface area contributed by atoms with E-state index in [1.165, 1.54) is 0 Å². The number of hydrogen-bond donors (Lipinski definition) is 1. The molecule has 1 atom stereocenters. The number of carbonyl (C=O) groups is 1. The van der Waals surface area contributed by atoms with Crippen molar-refractivity contribution in [1.29, 1.82) is 0 Å². The summed E-state index contributed by atoms with van der Waals surface area (Å²) in [6.45, 7) is 0.676. The molecule has 0 radical (unpaired) electrons. The van der Waals surface area contributed by atoms with E-state index in [0.29, 0.717) is 12.5 Å². The Labute approximate surface area is 106 Å². The summed E-state index contributed by atoms with van der Waals surface area (Å²) in [5.41, 5.74) is 1.71. The van der Waals surface area contributed by atoms with E-state index in [9.17, 15) is 4.79 Å². The molecule has 1 N–H and O–H groups in total. The summed E-state index contributed by atoms with van der Waals surface area (Å²) in [6.07, 6.45) is 2.58. The van der Waals surface area contributed by atoms with Crippen LogP contribution >= 0.6 is 11.6 Å². The Bertz CT molecular complexity index is 389. The van der Waals surface area contributed by atoms with Crippen LogP contribution < -0.4 is 5.32 Å². The van der Waals surface area contributed by atoms with E-state index < -0.39 is 0 Å². The van der Waals surface area contributed by atoms with Crippen LogP contribution in [0, 0.1) is 0 Å². The fraction of sp³-hybridized carbons (Fsp3) is 0.462. The smallest absolute Gasteiger partial charge is 0.253 e. The number of ether oxygens (including phenoxy) is 1. The van der Waals surface area contributed by atoms with Gasteiger partial charge in [0.05, 0.1) is 0 Å². The van der Waals surface area contributed by atoms with Gasteiger partial charge in [-0.2, -0.15) is 0 Å². The highest BCUT2D eigenvalue weighted by atomic mass is 35.5. The van der Waals surface area contributed by atoms with Crippen LogP contribution in [0.5, 0.6) is 0 Å². The predicted octanol–water partition coefficient (Wildman–Crippen LogP) is 2.93. The van der Waals surface area contributed by atoms with Crippen LogP contribution in [0.1, 0.15) is 24.8 Å². The van der Waals surface area contributed by atoms with Crippen molar-refractivity contribution < 1.29 is 9.53 Å². The molecule has 2 rings (SSSR count). The fourth-order valence-electron chi connectivity index (χ4n) is 1.92. The fourth-order valence-corrected chi connectivity index (χ4v) is 2.15. The standard InChI is InChI=1S/C13H16ClNO2/c14-9-10-5-1-2-6-11(10)15-13(16)12-7-3-4-8-17-12/h1-2,5-6,12H,3-4,7-9H2,(H,15,16). The van der Waals surface area contributed by atoms with E-state index in [4.69, 9.17) is 16.3 Å². The first-order valence-electron chi connectivity index (χ1n) is 5.87. The number of carbonyl (C=O) groups excluding carboxylic acids is 1. The van der Waals surface area contributed by atoms with Gasteiger partial charge in [0, 0.05) is 18.2 Å². The number of amides is 1.